The molecule has 146 valence electrons. The number of fused-ring (bicyclic) bond motifs is 1. The SMILES string of the molecule is Cc1ncc(CN2CCCC2c2nc3ccccc3c(=O)n2C2CCCC2)s1. The number of thiazole rings is 1. The molecule has 0 spiro atoms. The molecule has 0 bridgehead atoms. The Balaban J connectivity index is 1.60. The Hall–Kier alpha value is -2.05. The molecule has 0 N–H and O–H groups in total. The number of benzene rings is 1. The van der Waals surface area contributed by atoms with Gasteiger partial charge in [0.2, 0.25) is 0 Å². The van der Waals surface area contributed by atoms with Gasteiger partial charge in [0.1, 0.15) is 5.82 Å². The van der Waals surface area contributed by atoms with Crippen LogP contribution in [0.2, 0.25) is 0 Å². The lowest BCUT2D eigenvalue weighted by Gasteiger charge is -2.28. The summed E-state index contributed by atoms with van der Waals surface area (Å²) in [5, 5.41) is 1.86. The normalized spacial score (nSPS) is 21.1. The van der Waals surface area contributed by atoms with E-state index in [9.17, 15) is 4.79 Å². The fourth-order valence-electron chi connectivity index (χ4n) is 4.90. The molecule has 3 aromatic rings. The van der Waals surface area contributed by atoms with Crippen LogP contribution in [0.25, 0.3) is 10.9 Å². The number of nitrogens with zero attached hydrogens (tertiary/aromatic N) is 4. The van der Waals surface area contributed by atoms with Crippen LogP contribution < -0.4 is 5.56 Å². The third kappa shape index (κ3) is 3.18. The van der Waals surface area contributed by atoms with Crippen molar-refractivity contribution in [3.63, 3.8) is 0 Å². The topological polar surface area (TPSA) is 51.0 Å². The molecule has 1 aliphatic carbocycles. The highest BCUT2D eigenvalue weighted by atomic mass is 32.1. The molecule has 1 saturated heterocycles. The lowest BCUT2D eigenvalue weighted by Crippen LogP contribution is -2.33. The van der Waals surface area contributed by atoms with Crippen molar-refractivity contribution in [1.29, 1.82) is 0 Å². The van der Waals surface area contributed by atoms with Gasteiger partial charge in [0, 0.05) is 23.7 Å². The molecule has 6 heteroatoms. The van der Waals surface area contributed by atoms with E-state index < -0.39 is 0 Å². The van der Waals surface area contributed by atoms with E-state index in [0.717, 1.165) is 60.5 Å². The second-order valence-electron chi connectivity index (χ2n) is 8.07. The largest absolute Gasteiger partial charge is 0.292 e. The highest BCUT2D eigenvalue weighted by Crippen LogP contribution is 2.37. The maximum Gasteiger partial charge on any atom is 0.261 e. The Bertz CT molecular complexity index is 1050. The predicted molar refractivity (Wildman–Crippen MR) is 113 cm³/mol. The van der Waals surface area contributed by atoms with Gasteiger partial charge in [-0.05, 0) is 51.3 Å². The fourth-order valence-corrected chi connectivity index (χ4v) is 5.72. The maximum absolute atomic E-state index is 13.5. The van der Waals surface area contributed by atoms with Crippen molar-refractivity contribution in [2.75, 3.05) is 6.54 Å². The number of aromatic nitrogens is 3. The molecule has 2 aliphatic rings. The van der Waals surface area contributed by atoms with E-state index in [2.05, 4.69) is 21.4 Å². The summed E-state index contributed by atoms with van der Waals surface area (Å²) in [6, 6.07) is 8.33. The Morgan fingerprint density at radius 2 is 1.96 bits per heavy atom. The third-order valence-electron chi connectivity index (χ3n) is 6.21. The first kappa shape index (κ1) is 18.0. The van der Waals surface area contributed by atoms with E-state index in [-0.39, 0.29) is 11.6 Å². The zero-order chi connectivity index (χ0) is 19.1. The zero-order valence-electron chi connectivity index (χ0n) is 16.3. The lowest BCUT2D eigenvalue weighted by atomic mass is 10.1. The van der Waals surface area contributed by atoms with Gasteiger partial charge in [0.05, 0.1) is 22.0 Å². The Morgan fingerprint density at radius 1 is 1.14 bits per heavy atom. The van der Waals surface area contributed by atoms with Crippen LogP contribution in [0, 0.1) is 6.92 Å². The van der Waals surface area contributed by atoms with Gasteiger partial charge in [-0.25, -0.2) is 9.97 Å². The monoisotopic (exact) mass is 394 g/mol. The number of rotatable bonds is 4. The van der Waals surface area contributed by atoms with Gasteiger partial charge >= 0.3 is 0 Å². The van der Waals surface area contributed by atoms with Crippen molar-refractivity contribution >= 4 is 22.2 Å². The molecule has 28 heavy (non-hydrogen) atoms. The van der Waals surface area contributed by atoms with Crippen LogP contribution in [0.1, 0.15) is 66.3 Å². The minimum absolute atomic E-state index is 0.146. The minimum Gasteiger partial charge on any atom is -0.292 e. The van der Waals surface area contributed by atoms with Gasteiger partial charge in [0.15, 0.2) is 0 Å². The van der Waals surface area contributed by atoms with E-state index in [1.165, 1.54) is 17.7 Å². The number of para-hydroxylation sites is 1. The molecule has 3 heterocycles. The van der Waals surface area contributed by atoms with Crippen molar-refractivity contribution in [1.82, 2.24) is 19.4 Å². The maximum atomic E-state index is 13.5. The third-order valence-corrected chi connectivity index (χ3v) is 7.11. The van der Waals surface area contributed by atoms with E-state index in [1.54, 1.807) is 11.3 Å². The second-order valence-corrected chi connectivity index (χ2v) is 9.39. The summed E-state index contributed by atoms with van der Waals surface area (Å²) in [6.45, 7) is 4.00. The molecule has 5 nitrogen and oxygen atoms in total. The summed E-state index contributed by atoms with van der Waals surface area (Å²) in [6.07, 6.45) is 8.80. The van der Waals surface area contributed by atoms with Crippen LogP contribution in [0.3, 0.4) is 0 Å². The van der Waals surface area contributed by atoms with Gasteiger partial charge in [-0.15, -0.1) is 11.3 Å². The Morgan fingerprint density at radius 3 is 2.75 bits per heavy atom. The Labute approximate surface area is 169 Å². The van der Waals surface area contributed by atoms with Crippen molar-refractivity contribution < 1.29 is 0 Å². The summed E-state index contributed by atoms with van der Waals surface area (Å²) >= 11 is 1.77. The van der Waals surface area contributed by atoms with Gasteiger partial charge in [-0.3, -0.25) is 14.3 Å². The van der Waals surface area contributed by atoms with E-state index in [0.29, 0.717) is 6.04 Å². The smallest absolute Gasteiger partial charge is 0.261 e. The molecule has 1 aromatic carbocycles. The van der Waals surface area contributed by atoms with Crippen molar-refractivity contribution in [3.05, 3.63) is 56.5 Å². The number of hydrogen-bond donors (Lipinski definition) is 0. The summed E-state index contributed by atoms with van der Waals surface area (Å²) < 4.78 is 2.07. The first-order valence-corrected chi connectivity index (χ1v) is 11.2. The standard InChI is InChI=1S/C22H26N4OS/c1-15-23-13-17(28-15)14-25-12-6-11-20(25)21-24-19-10-5-4-9-18(19)22(27)26(21)16-7-2-3-8-16/h4-5,9-10,13,16,20H,2-3,6-8,11-12,14H2,1H3. The molecular weight excluding hydrogens is 368 g/mol. The van der Waals surface area contributed by atoms with Crippen molar-refractivity contribution in [2.24, 2.45) is 0 Å². The first-order chi connectivity index (χ1) is 13.7. The quantitative estimate of drug-likeness (QED) is 0.648. The molecule has 1 atom stereocenters. The van der Waals surface area contributed by atoms with Gasteiger partial charge in [0.25, 0.3) is 5.56 Å². The first-order valence-electron chi connectivity index (χ1n) is 10.4. The van der Waals surface area contributed by atoms with Crippen molar-refractivity contribution in [2.45, 2.75) is 64.1 Å². The highest BCUT2D eigenvalue weighted by molar-refractivity contribution is 7.11. The summed E-state index contributed by atoms with van der Waals surface area (Å²) in [4.78, 5) is 26.7. The van der Waals surface area contributed by atoms with Gasteiger partial charge in [-0.1, -0.05) is 25.0 Å². The van der Waals surface area contributed by atoms with Crippen LogP contribution in [-0.2, 0) is 6.54 Å². The van der Waals surface area contributed by atoms with E-state index in [1.807, 2.05) is 30.5 Å². The molecule has 0 radical (unpaired) electrons. The molecule has 1 unspecified atom stereocenters. The average molecular weight is 395 g/mol. The average Bonchev–Trinajstić information content (AvgIpc) is 3.45. The van der Waals surface area contributed by atoms with Gasteiger partial charge in [-0.2, -0.15) is 0 Å². The van der Waals surface area contributed by atoms with Crippen LogP contribution >= 0.6 is 11.3 Å². The Kier molecular flexibility index (Phi) is 4.77. The molecule has 1 saturated carbocycles. The fraction of sp³-hybridized carbons (Fsp3) is 0.500. The van der Waals surface area contributed by atoms with Crippen LogP contribution in [0.15, 0.2) is 35.3 Å². The predicted octanol–water partition coefficient (Wildman–Crippen LogP) is 4.61. The van der Waals surface area contributed by atoms with Crippen LogP contribution in [0.4, 0.5) is 0 Å². The van der Waals surface area contributed by atoms with E-state index >= 15 is 0 Å². The minimum atomic E-state index is 0.146. The van der Waals surface area contributed by atoms with Gasteiger partial charge < -0.3 is 0 Å². The van der Waals surface area contributed by atoms with Crippen molar-refractivity contribution in [3.8, 4) is 0 Å². The van der Waals surface area contributed by atoms with Crippen LogP contribution in [0.5, 0.6) is 0 Å². The summed E-state index contributed by atoms with van der Waals surface area (Å²) in [5.74, 6) is 0.981. The number of aryl methyl sites for hydroxylation is 1. The van der Waals surface area contributed by atoms with Crippen LogP contribution in [-0.4, -0.2) is 26.0 Å². The second kappa shape index (κ2) is 7.41. The number of hydrogen-bond acceptors (Lipinski definition) is 5. The molecule has 2 aromatic heterocycles. The lowest BCUT2D eigenvalue weighted by molar-refractivity contribution is 0.230. The number of likely N-dealkylation sites (tertiary alicyclic amines) is 1. The zero-order valence-corrected chi connectivity index (χ0v) is 17.1. The molecule has 5 rings (SSSR count). The molecular formula is C22H26N4OS. The van der Waals surface area contributed by atoms with E-state index in [4.69, 9.17) is 4.98 Å². The molecule has 1 aliphatic heterocycles. The summed E-state index contributed by atoms with van der Waals surface area (Å²) in [7, 11) is 0. The molecule has 2 fully saturated rings. The molecule has 0 amide bonds. The summed E-state index contributed by atoms with van der Waals surface area (Å²) in [5.41, 5.74) is 0.977. The highest BCUT2D eigenvalue weighted by Gasteiger charge is 2.33.